The number of carbonyl (C=O) groups excluding carboxylic acids is 2. The Balaban J connectivity index is 1.94. The van der Waals surface area contributed by atoms with Crippen LogP contribution in [0, 0.1) is 0 Å². The topological polar surface area (TPSA) is 91.6 Å². The van der Waals surface area contributed by atoms with Gasteiger partial charge in [0.25, 0.3) is 0 Å². The van der Waals surface area contributed by atoms with Crippen LogP contribution in [0.4, 0.5) is 0 Å². The second-order valence-electron chi connectivity index (χ2n) is 4.85. The molecule has 0 saturated carbocycles. The van der Waals surface area contributed by atoms with E-state index in [0.717, 1.165) is 6.42 Å². The molecule has 108 valence electrons. The van der Waals surface area contributed by atoms with Crippen molar-refractivity contribution >= 4 is 17.8 Å². The molecule has 2 N–H and O–H groups in total. The number of hydrogen-bond acceptors (Lipinski definition) is 3. The maximum atomic E-state index is 12.1. The number of carbonyl (C=O) groups is 3. The first kappa shape index (κ1) is 14.1. The summed E-state index contributed by atoms with van der Waals surface area (Å²) in [4.78, 5) is 35.7. The van der Waals surface area contributed by atoms with Crippen LogP contribution in [-0.2, 0) is 16.1 Å². The number of carboxylic acids is 1. The Labute approximate surface area is 116 Å². The molecule has 0 aliphatic carbocycles. The lowest BCUT2D eigenvalue weighted by Crippen LogP contribution is -2.38. The smallest absolute Gasteiger partial charge is 0.352 e. The van der Waals surface area contributed by atoms with Gasteiger partial charge in [-0.05, 0) is 18.6 Å². The van der Waals surface area contributed by atoms with Crippen LogP contribution in [0.3, 0.4) is 0 Å². The number of nitrogens with one attached hydrogen (secondary N) is 1. The zero-order chi connectivity index (χ0) is 14.7. The predicted octanol–water partition coefficient (Wildman–Crippen LogP) is -0.0767. The second-order valence-corrected chi connectivity index (χ2v) is 4.85. The monoisotopic (exact) mass is 279 g/mol. The van der Waals surface area contributed by atoms with Gasteiger partial charge in [-0.15, -0.1) is 0 Å². The minimum Gasteiger partial charge on any atom is -0.477 e. The van der Waals surface area contributed by atoms with Crippen molar-refractivity contribution in [3.05, 3.63) is 24.0 Å². The van der Waals surface area contributed by atoms with E-state index in [0.29, 0.717) is 13.1 Å². The Bertz CT molecular complexity index is 537. The summed E-state index contributed by atoms with van der Waals surface area (Å²) in [5, 5.41) is 11.8. The van der Waals surface area contributed by atoms with E-state index in [1.54, 1.807) is 17.2 Å². The Morgan fingerprint density at radius 1 is 1.45 bits per heavy atom. The highest BCUT2D eigenvalue weighted by Gasteiger charge is 2.27. The number of aromatic carboxylic acids is 1. The van der Waals surface area contributed by atoms with Crippen molar-refractivity contribution in [3.63, 3.8) is 0 Å². The number of amides is 2. The largest absolute Gasteiger partial charge is 0.477 e. The number of hydrogen-bond donors (Lipinski definition) is 2. The number of rotatable bonds is 4. The van der Waals surface area contributed by atoms with Crippen LogP contribution in [0.25, 0.3) is 0 Å². The van der Waals surface area contributed by atoms with E-state index in [4.69, 9.17) is 5.11 Å². The third-order valence-electron chi connectivity index (χ3n) is 3.30. The molecule has 2 heterocycles. The van der Waals surface area contributed by atoms with Crippen LogP contribution < -0.4 is 5.32 Å². The number of carboxylic acid groups (broad SMARTS) is 1. The van der Waals surface area contributed by atoms with Crippen molar-refractivity contribution < 1.29 is 19.5 Å². The summed E-state index contributed by atoms with van der Waals surface area (Å²) in [7, 11) is 0. The van der Waals surface area contributed by atoms with Gasteiger partial charge in [0, 0.05) is 32.3 Å². The Kier molecular flexibility index (Phi) is 4.07. The van der Waals surface area contributed by atoms with E-state index >= 15 is 0 Å². The van der Waals surface area contributed by atoms with E-state index in [1.165, 1.54) is 17.6 Å². The Morgan fingerprint density at radius 2 is 2.20 bits per heavy atom. The number of aromatic nitrogens is 1. The molecule has 7 heteroatoms. The standard InChI is InChI=1S/C13H17N3O4/c1-9(17)14-10-4-6-16(7-10)12(18)8-15-5-2-3-11(15)13(19)20/h2-3,5,10H,4,6-8H2,1H3,(H,14,17)(H,19,20). The minimum atomic E-state index is -1.06. The molecule has 2 rings (SSSR count). The summed E-state index contributed by atoms with van der Waals surface area (Å²) in [6.45, 7) is 2.50. The lowest BCUT2D eigenvalue weighted by molar-refractivity contribution is -0.131. The van der Waals surface area contributed by atoms with Crippen molar-refractivity contribution in [3.8, 4) is 0 Å². The van der Waals surface area contributed by atoms with E-state index in [9.17, 15) is 14.4 Å². The van der Waals surface area contributed by atoms with E-state index in [2.05, 4.69) is 5.32 Å². The summed E-state index contributed by atoms with van der Waals surface area (Å²) in [5.41, 5.74) is 0.0935. The molecule has 1 saturated heterocycles. The lowest BCUT2D eigenvalue weighted by Gasteiger charge is -2.17. The average Bonchev–Trinajstić information content (AvgIpc) is 2.97. The van der Waals surface area contributed by atoms with Crippen LogP contribution in [0.15, 0.2) is 18.3 Å². The van der Waals surface area contributed by atoms with E-state index in [1.807, 2.05) is 0 Å². The molecule has 0 bridgehead atoms. The van der Waals surface area contributed by atoms with Crippen LogP contribution in [0.1, 0.15) is 23.8 Å². The number of nitrogens with zero attached hydrogens (tertiary/aromatic N) is 2. The maximum Gasteiger partial charge on any atom is 0.352 e. The first-order valence-electron chi connectivity index (χ1n) is 6.40. The predicted molar refractivity (Wildman–Crippen MR) is 70.2 cm³/mol. The summed E-state index contributed by atoms with van der Waals surface area (Å²) in [6.07, 6.45) is 2.30. The summed E-state index contributed by atoms with van der Waals surface area (Å²) >= 11 is 0. The molecule has 1 aromatic rings. The molecule has 1 aliphatic rings. The van der Waals surface area contributed by atoms with Gasteiger partial charge in [-0.2, -0.15) is 0 Å². The van der Waals surface area contributed by atoms with Crippen molar-refractivity contribution in [2.45, 2.75) is 25.9 Å². The molecule has 1 aliphatic heterocycles. The first-order chi connectivity index (χ1) is 9.47. The van der Waals surface area contributed by atoms with Gasteiger partial charge in [0.2, 0.25) is 11.8 Å². The highest BCUT2D eigenvalue weighted by molar-refractivity contribution is 5.87. The van der Waals surface area contributed by atoms with Gasteiger partial charge in [0.15, 0.2) is 0 Å². The summed E-state index contributed by atoms with van der Waals surface area (Å²) < 4.78 is 1.41. The van der Waals surface area contributed by atoms with Crippen LogP contribution in [0.2, 0.25) is 0 Å². The van der Waals surface area contributed by atoms with Gasteiger partial charge in [0.05, 0.1) is 0 Å². The third kappa shape index (κ3) is 3.17. The molecule has 1 fully saturated rings. The molecule has 2 amide bonds. The van der Waals surface area contributed by atoms with Crippen molar-refractivity contribution in [1.82, 2.24) is 14.8 Å². The second kappa shape index (κ2) is 5.77. The van der Waals surface area contributed by atoms with Crippen molar-refractivity contribution in [2.75, 3.05) is 13.1 Å². The van der Waals surface area contributed by atoms with Gasteiger partial charge in [-0.1, -0.05) is 0 Å². The highest BCUT2D eigenvalue weighted by atomic mass is 16.4. The van der Waals surface area contributed by atoms with E-state index in [-0.39, 0.29) is 30.1 Å². The van der Waals surface area contributed by atoms with Crippen LogP contribution >= 0.6 is 0 Å². The quantitative estimate of drug-likeness (QED) is 0.806. The van der Waals surface area contributed by atoms with Gasteiger partial charge in [-0.3, -0.25) is 9.59 Å². The SMILES string of the molecule is CC(=O)NC1CCN(C(=O)Cn2cccc2C(=O)O)C1. The zero-order valence-electron chi connectivity index (χ0n) is 11.2. The third-order valence-corrected chi connectivity index (χ3v) is 3.30. The average molecular weight is 279 g/mol. The maximum absolute atomic E-state index is 12.1. The summed E-state index contributed by atoms with van der Waals surface area (Å²) in [5.74, 6) is -1.31. The normalized spacial score (nSPS) is 18.1. The lowest BCUT2D eigenvalue weighted by atomic mass is 10.3. The van der Waals surface area contributed by atoms with Crippen LogP contribution in [-0.4, -0.2) is 51.5 Å². The molecule has 1 unspecified atom stereocenters. The zero-order valence-corrected chi connectivity index (χ0v) is 11.2. The molecule has 0 aromatic carbocycles. The highest BCUT2D eigenvalue weighted by Crippen LogP contribution is 2.11. The minimum absolute atomic E-state index is 0.00141. The fraction of sp³-hybridized carbons (Fsp3) is 0.462. The van der Waals surface area contributed by atoms with Crippen molar-refractivity contribution in [2.24, 2.45) is 0 Å². The van der Waals surface area contributed by atoms with Crippen molar-refractivity contribution in [1.29, 1.82) is 0 Å². The molecule has 20 heavy (non-hydrogen) atoms. The van der Waals surface area contributed by atoms with Crippen LogP contribution in [0.5, 0.6) is 0 Å². The molecule has 0 spiro atoms. The number of likely N-dealkylation sites (tertiary alicyclic amines) is 1. The van der Waals surface area contributed by atoms with Gasteiger partial charge < -0.3 is 19.9 Å². The Morgan fingerprint density at radius 3 is 2.85 bits per heavy atom. The fourth-order valence-corrected chi connectivity index (χ4v) is 2.38. The summed E-state index contributed by atoms with van der Waals surface area (Å²) in [6, 6.07) is 3.04. The van der Waals surface area contributed by atoms with E-state index < -0.39 is 5.97 Å². The molecule has 0 radical (unpaired) electrons. The molecular formula is C13H17N3O4. The molecule has 1 aromatic heterocycles. The molecule has 1 atom stereocenters. The molecular weight excluding hydrogens is 262 g/mol. The Hall–Kier alpha value is -2.31. The first-order valence-corrected chi connectivity index (χ1v) is 6.40. The van der Waals surface area contributed by atoms with Gasteiger partial charge in [-0.25, -0.2) is 4.79 Å². The molecule has 7 nitrogen and oxygen atoms in total. The fourth-order valence-electron chi connectivity index (χ4n) is 2.38. The van der Waals surface area contributed by atoms with Gasteiger partial charge in [0.1, 0.15) is 12.2 Å². The van der Waals surface area contributed by atoms with Gasteiger partial charge >= 0.3 is 5.97 Å².